The van der Waals surface area contributed by atoms with Gasteiger partial charge < -0.3 is 0 Å². The maximum absolute atomic E-state index is 12.9. The fraction of sp³-hybridized carbons (Fsp3) is 0.467. The molecule has 2 heterocycles. The highest BCUT2D eigenvalue weighted by Gasteiger charge is 2.32. The van der Waals surface area contributed by atoms with Crippen LogP contribution in [0.25, 0.3) is 5.69 Å². The minimum Gasteiger partial charge on any atom is -0.286 e. The molecule has 1 aromatic carbocycles. The van der Waals surface area contributed by atoms with E-state index in [1.807, 2.05) is 0 Å². The van der Waals surface area contributed by atoms with Crippen LogP contribution >= 0.6 is 0 Å². The number of benzene rings is 1. The number of hydrazine groups is 1. The summed E-state index contributed by atoms with van der Waals surface area (Å²) < 4.78 is 40.3. The van der Waals surface area contributed by atoms with Crippen LogP contribution in [0.5, 0.6) is 0 Å². The van der Waals surface area contributed by atoms with Crippen molar-refractivity contribution in [1.29, 1.82) is 0 Å². The van der Waals surface area contributed by atoms with E-state index < -0.39 is 11.7 Å². The molecule has 0 radical (unpaired) electrons. The number of hydrogen-bond donors (Lipinski definition) is 2. The Labute approximate surface area is 131 Å². The van der Waals surface area contributed by atoms with Crippen LogP contribution in [0.2, 0.25) is 0 Å². The number of halogens is 3. The molecule has 1 saturated heterocycles. The molecule has 1 fully saturated rings. The highest BCUT2D eigenvalue weighted by Crippen LogP contribution is 2.30. The van der Waals surface area contributed by atoms with E-state index in [4.69, 9.17) is 0 Å². The van der Waals surface area contributed by atoms with Gasteiger partial charge in [0.05, 0.1) is 5.56 Å². The molecule has 0 amide bonds. The van der Waals surface area contributed by atoms with Crippen molar-refractivity contribution in [3.05, 3.63) is 42.0 Å². The maximum Gasteiger partial charge on any atom is 0.416 e. The van der Waals surface area contributed by atoms with Crippen molar-refractivity contribution in [3.8, 4) is 5.69 Å². The lowest BCUT2D eigenvalue weighted by Gasteiger charge is -2.18. The van der Waals surface area contributed by atoms with Crippen LogP contribution < -0.4 is 10.9 Å². The SMILES string of the molecule is CC1NNC(C)C1Cc1nncn1-c1cccc(C(F)(F)F)c1. The van der Waals surface area contributed by atoms with Gasteiger partial charge in [-0.05, 0) is 38.0 Å². The highest BCUT2D eigenvalue weighted by molar-refractivity contribution is 5.37. The first-order valence-electron chi connectivity index (χ1n) is 7.44. The van der Waals surface area contributed by atoms with Crippen LogP contribution in [0.3, 0.4) is 0 Å². The summed E-state index contributed by atoms with van der Waals surface area (Å²) in [5.41, 5.74) is 6.06. The Morgan fingerprint density at radius 3 is 2.52 bits per heavy atom. The number of nitrogens with zero attached hydrogens (tertiary/aromatic N) is 3. The van der Waals surface area contributed by atoms with Crippen molar-refractivity contribution >= 4 is 0 Å². The summed E-state index contributed by atoms with van der Waals surface area (Å²) in [6.07, 6.45) is -2.29. The van der Waals surface area contributed by atoms with E-state index in [0.717, 1.165) is 12.1 Å². The molecule has 124 valence electrons. The van der Waals surface area contributed by atoms with Crippen LogP contribution in [0.15, 0.2) is 30.6 Å². The molecule has 2 aromatic rings. The van der Waals surface area contributed by atoms with Gasteiger partial charge in [0.2, 0.25) is 0 Å². The average molecular weight is 325 g/mol. The maximum atomic E-state index is 12.9. The van der Waals surface area contributed by atoms with Crippen molar-refractivity contribution in [2.75, 3.05) is 0 Å². The number of rotatable bonds is 3. The minimum absolute atomic E-state index is 0.247. The zero-order valence-corrected chi connectivity index (χ0v) is 12.8. The third kappa shape index (κ3) is 3.23. The van der Waals surface area contributed by atoms with Gasteiger partial charge in [-0.2, -0.15) is 13.2 Å². The first-order chi connectivity index (χ1) is 10.9. The molecular formula is C15H18F3N5. The van der Waals surface area contributed by atoms with Gasteiger partial charge in [0.1, 0.15) is 12.2 Å². The van der Waals surface area contributed by atoms with Gasteiger partial charge >= 0.3 is 6.18 Å². The quantitative estimate of drug-likeness (QED) is 0.909. The van der Waals surface area contributed by atoms with Crippen LogP contribution in [0, 0.1) is 5.92 Å². The molecule has 2 atom stereocenters. The molecule has 23 heavy (non-hydrogen) atoms. The van der Waals surface area contributed by atoms with Crippen molar-refractivity contribution in [2.24, 2.45) is 5.92 Å². The van der Waals surface area contributed by atoms with Gasteiger partial charge in [0.15, 0.2) is 0 Å². The lowest BCUT2D eigenvalue weighted by molar-refractivity contribution is -0.137. The zero-order valence-electron chi connectivity index (χ0n) is 12.8. The minimum atomic E-state index is -4.37. The largest absolute Gasteiger partial charge is 0.416 e. The van der Waals surface area contributed by atoms with E-state index in [-0.39, 0.29) is 18.0 Å². The summed E-state index contributed by atoms with van der Waals surface area (Å²) >= 11 is 0. The van der Waals surface area contributed by atoms with E-state index in [1.54, 1.807) is 10.6 Å². The van der Waals surface area contributed by atoms with Crippen molar-refractivity contribution in [1.82, 2.24) is 25.6 Å². The Bertz CT molecular complexity index is 672. The highest BCUT2D eigenvalue weighted by atomic mass is 19.4. The van der Waals surface area contributed by atoms with Gasteiger partial charge in [-0.15, -0.1) is 10.2 Å². The molecular weight excluding hydrogens is 307 g/mol. The van der Waals surface area contributed by atoms with Gasteiger partial charge in [0, 0.05) is 24.2 Å². The summed E-state index contributed by atoms with van der Waals surface area (Å²) in [6.45, 7) is 4.12. The number of aromatic nitrogens is 3. The average Bonchev–Trinajstić information content (AvgIpc) is 3.08. The topological polar surface area (TPSA) is 54.8 Å². The summed E-state index contributed by atoms with van der Waals surface area (Å²) in [5, 5.41) is 7.97. The van der Waals surface area contributed by atoms with E-state index in [9.17, 15) is 13.2 Å². The molecule has 2 N–H and O–H groups in total. The molecule has 0 bridgehead atoms. The Balaban J connectivity index is 1.89. The fourth-order valence-electron chi connectivity index (χ4n) is 2.92. The number of nitrogens with one attached hydrogen (secondary N) is 2. The van der Waals surface area contributed by atoms with Crippen molar-refractivity contribution in [3.63, 3.8) is 0 Å². The number of alkyl halides is 3. The molecule has 1 aliphatic rings. The molecule has 0 saturated carbocycles. The second-order valence-corrected chi connectivity index (χ2v) is 5.90. The Kier molecular flexibility index (Phi) is 4.11. The second kappa shape index (κ2) is 5.93. The van der Waals surface area contributed by atoms with E-state index in [2.05, 4.69) is 34.9 Å². The van der Waals surface area contributed by atoms with Crippen LogP contribution in [-0.4, -0.2) is 26.8 Å². The van der Waals surface area contributed by atoms with Gasteiger partial charge in [-0.1, -0.05) is 6.07 Å². The second-order valence-electron chi connectivity index (χ2n) is 5.90. The van der Waals surface area contributed by atoms with Crippen LogP contribution in [0.1, 0.15) is 25.2 Å². The standard InChI is InChI=1S/C15H18F3N5/c1-9-13(10(2)21-20-9)7-14-22-19-8-23(14)12-5-3-4-11(6-12)15(16,17)18/h3-6,8-10,13,20-21H,7H2,1-2H3. The molecule has 1 aromatic heterocycles. The third-order valence-corrected chi connectivity index (χ3v) is 4.31. The lowest BCUT2D eigenvalue weighted by atomic mass is 9.93. The van der Waals surface area contributed by atoms with E-state index >= 15 is 0 Å². The van der Waals surface area contributed by atoms with E-state index in [1.165, 1.54) is 12.4 Å². The lowest BCUT2D eigenvalue weighted by Crippen LogP contribution is -2.30. The van der Waals surface area contributed by atoms with Gasteiger partial charge in [0.25, 0.3) is 0 Å². The van der Waals surface area contributed by atoms with Gasteiger partial charge in [-0.25, -0.2) is 0 Å². The van der Waals surface area contributed by atoms with Crippen molar-refractivity contribution < 1.29 is 13.2 Å². The number of hydrogen-bond acceptors (Lipinski definition) is 4. The summed E-state index contributed by atoms with van der Waals surface area (Å²) in [6, 6.07) is 5.69. The molecule has 5 nitrogen and oxygen atoms in total. The smallest absolute Gasteiger partial charge is 0.286 e. The predicted octanol–water partition coefficient (Wildman–Crippen LogP) is 2.33. The Morgan fingerprint density at radius 1 is 1.17 bits per heavy atom. The Morgan fingerprint density at radius 2 is 1.87 bits per heavy atom. The van der Waals surface area contributed by atoms with E-state index in [0.29, 0.717) is 17.9 Å². The Hall–Kier alpha value is -1.93. The summed E-state index contributed by atoms with van der Waals surface area (Å²) in [5.74, 6) is 0.933. The van der Waals surface area contributed by atoms with Crippen LogP contribution in [0.4, 0.5) is 13.2 Å². The summed E-state index contributed by atoms with van der Waals surface area (Å²) in [7, 11) is 0. The summed E-state index contributed by atoms with van der Waals surface area (Å²) in [4.78, 5) is 0. The molecule has 2 unspecified atom stereocenters. The van der Waals surface area contributed by atoms with Crippen molar-refractivity contribution in [2.45, 2.75) is 38.5 Å². The molecule has 1 aliphatic heterocycles. The normalized spacial score (nSPS) is 25.0. The third-order valence-electron chi connectivity index (χ3n) is 4.31. The molecule has 0 spiro atoms. The predicted molar refractivity (Wildman–Crippen MR) is 78.8 cm³/mol. The molecule has 8 heteroatoms. The van der Waals surface area contributed by atoms with Gasteiger partial charge in [-0.3, -0.25) is 15.4 Å². The molecule has 3 rings (SSSR count). The van der Waals surface area contributed by atoms with Crippen LogP contribution in [-0.2, 0) is 12.6 Å². The fourth-order valence-corrected chi connectivity index (χ4v) is 2.92. The molecule has 0 aliphatic carbocycles. The first-order valence-corrected chi connectivity index (χ1v) is 7.44. The monoisotopic (exact) mass is 325 g/mol. The first kappa shape index (κ1) is 15.9. The zero-order chi connectivity index (χ0) is 16.6.